The van der Waals surface area contributed by atoms with Crippen LogP contribution in [0.15, 0.2) is 36.7 Å². The first kappa shape index (κ1) is 14.4. The van der Waals surface area contributed by atoms with Crippen LogP contribution >= 0.6 is 0 Å². The van der Waals surface area contributed by atoms with E-state index in [1.165, 1.54) is 5.56 Å². The molecule has 1 aromatic heterocycles. The third-order valence-electron chi connectivity index (χ3n) is 3.33. The van der Waals surface area contributed by atoms with Gasteiger partial charge in [-0.25, -0.2) is 0 Å². The number of hydrogen-bond donors (Lipinski definition) is 1. The van der Waals surface area contributed by atoms with Crippen molar-refractivity contribution in [1.29, 1.82) is 0 Å². The molecule has 0 aliphatic rings. The molecule has 2 aromatic rings. The summed E-state index contributed by atoms with van der Waals surface area (Å²) in [4.78, 5) is 2.20. The van der Waals surface area contributed by atoms with Gasteiger partial charge in [0.25, 0.3) is 0 Å². The Bertz CT molecular complexity index is 533. The molecule has 1 atom stereocenters. The zero-order valence-corrected chi connectivity index (χ0v) is 12.5. The molecule has 0 radical (unpaired) electrons. The molecule has 0 spiro atoms. The molecule has 1 N–H and O–H groups in total. The largest absolute Gasteiger partial charge is 0.497 e. The lowest BCUT2D eigenvalue weighted by atomic mass is 10.1. The predicted molar refractivity (Wildman–Crippen MR) is 81.1 cm³/mol. The Morgan fingerprint density at radius 3 is 2.50 bits per heavy atom. The number of benzene rings is 1. The maximum Gasteiger partial charge on any atom is 0.118 e. The number of aryl methyl sites for hydroxylation is 1. The van der Waals surface area contributed by atoms with E-state index >= 15 is 0 Å². The molecule has 0 amide bonds. The van der Waals surface area contributed by atoms with Crippen molar-refractivity contribution in [2.75, 3.05) is 33.1 Å². The maximum absolute atomic E-state index is 5.20. The first-order valence-corrected chi connectivity index (χ1v) is 6.63. The van der Waals surface area contributed by atoms with Gasteiger partial charge in [-0.1, -0.05) is 12.1 Å². The number of ether oxygens (including phenoxy) is 1. The maximum atomic E-state index is 5.20. The van der Waals surface area contributed by atoms with Gasteiger partial charge in [-0.3, -0.25) is 4.68 Å². The van der Waals surface area contributed by atoms with Crippen LogP contribution in [0.25, 0.3) is 0 Å². The normalized spacial score (nSPS) is 12.4. The molecule has 0 bridgehead atoms. The SMILES string of the molecule is COc1ccc(C(CNc2cnn(C)c2)N(C)C)cc1. The minimum atomic E-state index is 0.293. The van der Waals surface area contributed by atoms with Crippen molar-refractivity contribution < 1.29 is 4.74 Å². The van der Waals surface area contributed by atoms with Gasteiger partial charge in [0.15, 0.2) is 0 Å². The van der Waals surface area contributed by atoms with Crippen molar-refractivity contribution in [3.63, 3.8) is 0 Å². The van der Waals surface area contributed by atoms with E-state index in [0.717, 1.165) is 18.0 Å². The van der Waals surface area contributed by atoms with Gasteiger partial charge in [0, 0.05) is 19.8 Å². The third kappa shape index (κ3) is 3.51. The van der Waals surface area contributed by atoms with E-state index in [2.05, 4.69) is 41.5 Å². The highest BCUT2D eigenvalue weighted by Crippen LogP contribution is 2.21. The molecule has 1 aromatic carbocycles. The number of aromatic nitrogens is 2. The first-order chi connectivity index (χ1) is 9.60. The van der Waals surface area contributed by atoms with Gasteiger partial charge in [-0.2, -0.15) is 5.10 Å². The Hall–Kier alpha value is -2.01. The molecule has 5 nitrogen and oxygen atoms in total. The van der Waals surface area contributed by atoms with Gasteiger partial charge < -0.3 is 15.0 Å². The lowest BCUT2D eigenvalue weighted by Crippen LogP contribution is -2.26. The molecule has 20 heavy (non-hydrogen) atoms. The van der Waals surface area contributed by atoms with Gasteiger partial charge in [-0.05, 0) is 31.8 Å². The number of nitrogens with one attached hydrogen (secondary N) is 1. The van der Waals surface area contributed by atoms with E-state index < -0.39 is 0 Å². The topological polar surface area (TPSA) is 42.3 Å². The van der Waals surface area contributed by atoms with Gasteiger partial charge >= 0.3 is 0 Å². The van der Waals surface area contributed by atoms with E-state index in [9.17, 15) is 0 Å². The summed E-state index contributed by atoms with van der Waals surface area (Å²) in [5, 5.41) is 7.58. The highest BCUT2D eigenvalue weighted by molar-refractivity contribution is 5.39. The summed E-state index contributed by atoms with van der Waals surface area (Å²) in [5.74, 6) is 0.881. The summed E-state index contributed by atoms with van der Waals surface area (Å²) in [6.07, 6.45) is 3.81. The number of hydrogen-bond acceptors (Lipinski definition) is 4. The van der Waals surface area contributed by atoms with E-state index in [-0.39, 0.29) is 0 Å². The predicted octanol–water partition coefficient (Wildman–Crippen LogP) is 2.14. The lowest BCUT2D eigenvalue weighted by molar-refractivity contribution is 0.311. The highest BCUT2D eigenvalue weighted by Gasteiger charge is 2.14. The van der Waals surface area contributed by atoms with Crippen LogP contribution < -0.4 is 10.1 Å². The van der Waals surface area contributed by atoms with Crippen LogP contribution in [0.1, 0.15) is 11.6 Å². The summed E-state index contributed by atoms with van der Waals surface area (Å²) >= 11 is 0. The molecule has 0 fully saturated rings. The number of nitrogens with zero attached hydrogens (tertiary/aromatic N) is 3. The molecule has 1 unspecified atom stereocenters. The van der Waals surface area contributed by atoms with Crippen molar-refractivity contribution >= 4 is 5.69 Å². The molecule has 0 aliphatic heterocycles. The summed E-state index contributed by atoms with van der Waals surface area (Å²) in [7, 11) is 7.76. The standard InChI is InChI=1S/C15H22N4O/c1-18(2)15(10-16-13-9-17-19(3)11-13)12-5-7-14(20-4)8-6-12/h5-9,11,15-16H,10H2,1-4H3. The smallest absolute Gasteiger partial charge is 0.118 e. The average molecular weight is 274 g/mol. The molecule has 108 valence electrons. The zero-order valence-electron chi connectivity index (χ0n) is 12.5. The summed E-state index contributed by atoms with van der Waals surface area (Å²) < 4.78 is 6.99. The third-order valence-corrected chi connectivity index (χ3v) is 3.33. The molecule has 0 saturated carbocycles. The van der Waals surface area contributed by atoms with Crippen molar-refractivity contribution in [2.45, 2.75) is 6.04 Å². The van der Waals surface area contributed by atoms with E-state index in [0.29, 0.717) is 6.04 Å². The van der Waals surface area contributed by atoms with Crippen molar-refractivity contribution in [3.05, 3.63) is 42.2 Å². The number of methoxy groups -OCH3 is 1. The van der Waals surface area contributed by atoms with E-state index in [1.54, 1.807) is 11.8 Å². The van der Waals surface area contributed by atoms with E-state index in [1.807, 2.05) is 31.6 Å². The fourth-order valence-corrected chi connectivity index (χ4v) is 2.15. The van der Waals surface area contributed by atoms with Crippen LogP contribution in [0.4, 0.5) is 5.69 Å². The van der Waals surface area contributed by atoms with Crippen molar-refractivity contribution in [1.82, 2.24) is 14.7 Å². The van der Waals surface area contributed by atoms with Crippen molar-refractivity contribution in [3.8, 4) is 5.75 Å². The number of anilines is 1. The van der Waals surface area contributed by atoms with Gasteiger partial charge in [0.05, 0.1) is 25.0 Å². The fraction of sp³-hybridized carbons (Fsp3) is 0.400. The Balaban J connectivity index is 2.06. The first-order valence-electron chi connectivity index (χ1n) is 6.63. The summed E-state index contributed by atoms with van der Waals surface area (Å²) in [5.41, 5.74) is 2.29. The number of rotatable bonds is 6. The second kappa shape index (κ2) is 6.43. The Kier molecular flexibility index (Phi) is 4.63. The molecule has 5 heteroatoms. The Morgan fingerprint density at radius 2 is 2.00 bits per heavy atom. The van der Waals surface area contributed by atoms with Crippen LogP contribution in [0, 0.1) is 0 Å². The van der Waals surface area contributed by atoms with Crippen LogP contribution in [0.3, 0.4) is 0 Å². The van der Waals surface area contributed by atoms with Crippen molar-refractivity contribution in [2.24, 2.45) is 7.05 Å². The minimum absolute atomic E-state index is 0.293. The Morgan fingerprint density at radius 1 is 1.30 bits per heavy atom. The number of likely N-dealkylation sites (N-methyl/N-ethyl adjacent to an activating group) is 1. The van der Waals surface area contributed by atoms with Crippen LogP contribution in [-0.2, 0) is 7.05 Å². The van der Waals surface area contributed by atoms with Crippen LogP contribution in [0.5, 0.6) is 5.75 Å². The van der Waals surface area contributed by atoms with Crippen LogP contribution in [0.2, 0.25) is 0 Å². The summed E-state index contributed by atoms with van der Waals surface area (Å²) in [6.45, 7) is 0.824. The molecule has 2 rings (SSSR count). The quantitative estimate of drug-likeness (QED) is 0.876. The average Bonchev–Trinajstić information content (AvgIpc) is 2.85. The molecule has 0 saturated heterocycles. The zero-order chi connectivity index (χ0) is 14.5. The van der Waals surface area contributed by atoms with E-state index in [4.69, 9.17) is 4.74 Å². The van der Waals surface area contributed by atoms with Gasteiger partial charge in [-0.15, -0.1) is 0 Å². The lowest BCUT2D eigenvalue weighted by Gasteiger charge is -2.25. The molecule has 0 aliphatic carbocycles. The molecule has 1 heterocycles. The second-order valence-corrected chi connectivity index (χ2v) is 5.04. The Labute approximate surface area is 120 Å². The highest BCUT2D eigenvalue weighted by atomic mass is 16.5. The minimum Gasteiger partial charge on any atom is -0.497 e. The van der Waals surface area contributed by atoms with Gasteiger partial charge in [0.1, 0.15) is 5.75 Å². The van der Waals surface area contributed by atoms with Gasteiger partial charge in [0.2, 0.25) is 0 Å². The fourth-order valence-electron chi connectivity index (χ4n) is 2.15. The second-order valence-electron chi connectivity index (χ2n) is 5.04. The van der Waals surface area contributed by atoms with Crippen LogP contribution in [-0.4, -0.2) is 42.4 Å². The molecular weight excluding hydrogens is 252 g/mol. The monoisotopic (exact) mass is 274 g/mol. The summed E-state index contributed by atoms with van der Waals surface area (Å²) in [6, 6.07) is 8.50. The molecular formula is C15H22N4O.